The van der Waals surface area contributed by atoms with E-state index in [1.807, 2.05) is 28.0 Å². The van der Waals surface area contributed by atoms with Crippen molar-refractivity contribution in [2.75, 3.05) is 39.3 Å². The summed E-state index contributed by atoms with van der Waals surface area (Å²) in [7, 11) is 4.85. The van der Waals surface area contributed by atoms with Crippen LogP contribution >= 0.6 is 0 Å². The Hall–Kier alpha value is -2.97. The van der Waals surface area contributed by atoms with Crippen molar-refractivity contribution in [1.82, 2.24) is 15.1 Å². The molecule has 1 aromatic rings. The molecule has 3 aliphatic rings. The van der Waals surface area contributed by atoms with E-state index < -0.39 is 18.2 Å². The summed E-state index contributed by atoms with van der Waals surface area (Å²) < 4.78 is 10.8. The molecule has 25 heavy (non-hydrogen) atoms. The zero-order valence-electron chi connectivity index (χ0n) is 14.2. The number of nitrogens with zero attached hydrogens (tertiary/aromatic N) is 4. The van der Waals surface area contributed by atoms with Crippen molar-refractivity contribution in [1.29, 1.82) is 0 Å². The number of methoxy groups -OCH3 is 2. The molecule has 0 bridgehead atoms. The number of carbonyl (C=O) groups is 2. The molecule has 2 unspecified atom stereocenters. The van der Waals surface area contributed by atoms with Crippen LogP contribution in [0.5, 0.6) is 11.5 Å². The number of hydrogen-bond donors (Lipinski definition) is 1. The van der Waals surface area contributed by atoms with Crippen molar-refractivity contribution >= 4 is 23.6 Å². The largest absolute Gasteiger partial charge is 0.497 e. The molecule has 3 heterocycles. The molecule has 0 aliphatic carbocycles. The zero-order valence-corrected chi connectivity index (χ0v) is 14.2. The van der Waals surface area contributed by atoms with E-state index in [9.17, 15) is 9.59 Å². The van der Waals surface area contributed by atoms with Gasteiger partial charge in [-0.2, -0.15) is 0 Å². The summed E-state index contributed by atoms with van der Waals surface area (Å²) in [4.78, 5) is 34.2. The second kappa shape index (κ2) is 5.54. The molecule has 0 aromatic heterocycles. The van der Waals surface area contributed by atoms with E-state index in [4.69, 9.17) is 9.47 Å². The van der Waals surface area contributed by atoms with Crippen molar-refractivity contribution in [2.24, 2.45) is 4.99 Å². The van der Waals surface area contributed by atoms with Gasteiger partial charge in [-0.1, -0.05) is 0 Å². The number of amides is 3. The highest BCUT2D eigenvalue weighted by atomic mass is 16.5. The number of ether oxygens (including phenoxy) is 2. The number of hydrogen-bond acceptors (Lipinski definition) is 7. The van der Waals surface area contributed by atoms with Crippen LogP contribution in [0, 0.1) is 0 Å². The third-order valence-electron chi connectivity index (χ3n) is 4.82. The maximum Gasteiger partial charge on any atom is 0.325 e. The van der Waals surface area contributed by atoms with Gasteiger partial charge in [0.25, 0.3) is 5.91 Å². The lowest BCUT2D eigenvalue weighted by Crippen LogP contribution is -2.63. The fourth-order valence-corrected chi connectivity index (χ4v) is 3.52. The zero-order chi connectivity index (χ0) is 17.7. The number of imide groups is 1. The van der Waals surface area contributed by atoms with Crippen molar-refractivity contribution in [3.05, 3.63) is 18.2 Å². The normalized spacial score (nSPS) is 24.8. The Kier molecular flexibility index (Phi) is 3.45. The second-order valence-electron chi connectivity index (χ2n) is 6.08. The number of guanidine groups is 1. The van der Waals surface area contributed by atoms with E-state index in [1.54, 1.807) is 21.3 Å². The first-order valence-corrected chi connectivity index (χ1v) is 7.97. The summed E-state index contributed by atoms with van der Waals surface area (Å²) in [5.41, 5.74) is 0.816. The van der Waals surface area contributed by atoms with Gasteiger partial charge >= 0.3 is 6.03 Å². The quantitative estimate of drug-likeness (QED) is 0.834. The monoisotopic (exact) mass is 345 g/mol. The highest BCUT2D eigenvalue weighted by molar-refractivity contribution is 6.08. The molecule has 3 aliphatic heterocycles. The van der Waals surface area contributed by atoms with Gasteiger partial charge in [0.05, 0.1) is 19.9 Å². The molecule has 9 nitrogen and oxygen atoms in total. The van der Waals surface area contributed by atoms with E-state index in [0.717, 1.165) is 5.69 Å². The Morgan fingerprint density at radius 2 is 2.00 bits per heavy atom. The molecule has 4 rings (SSSR count). The van der Waals surface area contributed by atoms with E-state index >= 15 is 0 Å². The van der Waals surface area contributed by atoms with Crippen molar-refractivity contribution in [3.63, 3.8) is 0 Å². The van der Waals surface area contributed by atoms with E-state index in [2.05, 4.69) is 10.3 Å². The third-order valence-corrected chi connectivity index (χ3v) is 4.82. The molecule has 3 amide bonds. The molecule has 2 atom stereocenters. The van der Waals surface area contributed by atoms with Crippen LogP contribution in [0.2, 0.25) is 0 Å². The van der Waals surface area contributed by atoms with Gasteiger partial charge in [0.1, 0.15) is 11.5 Å². The van der Waals surface area contributed by atoms with Gasteiger partial charge in [0.15, 0.2) is 12.2 Å². The standard InChI is InChI=1S/C16H19N5O4/c1-19-13-12(14(22)18-16(19)23)21-7-6-20(15(21)17-13)10-8-9(24-2)4-5-11(10)25-3/h4-5,8,12-13H,6-7H2,1-3H3,(H,18,22,23). The lowest BCUT2D eigenvalue weighted by atomic mass is 10.1. The Balaban J connectivity index is 1.73. The molecule has 1 N–H and O–H groups in total. The van der Waals surface area contributed by atoms with E-state index in [0.29, 0.717) is 30.5 Å². The molecular weight excluding hydrogens is 326 g/mol. The predicted molar refractivity (Wildman–Crippen MR) is 89.9 cm³/mol. The molecular formula is C16H19N5O4. The summed E-state index contributed by atoms with van der Waals surface area (Å²) in [6.45, 7) is 1.30. The smallest absolute Gasteiger partial charge is 0.325 e. The number of anilines is 1. The molecule has 0 spiro atoms. The van der Waals surface area contributed by atoms with Gasteiger partial charge in [0.2, 0.25) is 5.96 Å². The summed E-state index contributed by atoms with van der Waals surface area (Å²) in [5, 5.41) is 2.38. The van der Waals surface area contributed by atoms with Crippen LogP contribution in [-0.4, -0.2) is 74.3 Å². The SMILES string of the molecule is COc1ccc(OC)c(N2CCN3C2=NC2C3C(=O)NC(=O)N2C)c1. The molecule has 2 fully saturated rings. The highest BCUT2D eigenvalue weighted by Gasteiger charge is 2.52. The number of nitrogens with one attached hydrogen (secondary N) is 1. The minimum Gasteiger partial charge on any atom is -0.497 e. The predicted octanol–water partition coefficient (Wildman–Crippen LogP) is 0.0717. The summed E-state index contributed by atoms with van der Waals surface area (Å²) in [6.07, 6.45) is -0.518. The average molecular weight is 345 g/mol. The lowest BCUT2D eigenvalue weighted by Gasteiger charge is -2.34. The lowest BCUT2D eigenvalue weighted by molar-refractivity contribution is -0.126. The van der Waals surface area contributed by atoms with Crippen molar-refractivity contribution in [3.8, 4) is 11.5 Å². The van der Waals surface area contributed by atoms with Gasteiger partial charge in [-0.25, -0.2) is 9.79 Å². The maximum absolute atomic E-state index is 12.3. The van der Waals surface area contributed by atoms with Gasteiger partial charge in [-0.3, -0.25) is 10.1 Å². The van der Waals surface area contributed by atoms with Crippen molar-refractivity contribution < 1.29 is 19.1 Å². The highest BCUT2D eigenvalue weighted by Crippen LogP contribution is 2.37. The van der Waals surface area contributed by atoms with Crippen LogP contribution in [0.15, 0.2) is 23.2 Å². The molecule has 0 saturated carbocycles. The van der Waals surface area contributed by atoms with Crippen molar-refractivity contribution in [2.45, 2.75) is 12.2 Å². The Bertz CT molecular complexity index is 780. The van der Waals surface area contributed by atoms with Crippen LogP contribution in [-0.2, 0) is 4.79 Å². The summed E-state index contributed by atoms with van der Waals surface area (Å²) >= 11 is 0. The number of rotatable bonds is 3. The van der Waals surface area contributed by atoms with Crippen LogP contribution < -0.4 is 19.7 Å². The van der Waals surface area contributed by atoms with Gasteiger partial charge in [-0.05, 0) is 12.1 Å². The third kappa shape index (κ3) is 2.19. The van der Waals surface area contributed by atoms with E-state index in [-0.39, 0.29) is 5.91 Å². The van der Waals surface area contributed by atoms with Gasteiger partial charge in [-0.15, -0.1) is 0 Å². The number of fused-ring (bicyclic) bond motifs is 3. The topological polar surface area (TPSA) is 86.7 Å². The molecule has 0 radical (unpaired) electrons. The molecule has 132 valence electrons. The number of carbonyl (C=O) groups excluding carboxylic acids is 2. The fraction of sp³-hybridized carbons (Fsp3) is 0.438. The molecule has 2 saturated heterocycles. The number of likely N-dealkylation sites (N-methyl/N-ethyl adjacent to an activating group) is 1. The summed E-state index contributed by atoms with van der Waals surface area (Å²) in [6, 6.07) is 4.61. The van der Waals surface area contributed by atoms with Crippen LogP contribution in [0.1, 0.15) is 0 Å². The summed E-state index contributed by atoms with van der Waals surface area (Å²) in [5.74, 6) is 1.74. The number of benzene rings is 1. The minimum atomic E-state index is -0.518. The first-order valence-electron chi connectivity index (χ1n) is 7.97. The maximum atomic E-state index is 12.3. The van der Waals surface area contributed by atoms with Crippen LogP contribution in [0.4, 0.5) is 10.5 Å². The molecule has 9 heteroatoms. The first kappa shape index (κ1) is 15.6. The van der Waals surface area contributed by atoms with Crippen LogP contribution in [0.25, 0.3) is 0 Å². The fourth-order valence-electron chi connectivity index (χ4n) is 3.52. The second-order valence-corrected chi connectivity index (χ2v) is 6.08. The van der Waals surface area contributed by atoms with Crippen LogP contribution in [0.3, 0.4) is 0 Å². The van der Waals surface area contributed by atoms with Gasteiger partial charge in [0, 0.05) is 26.2 Å². The average Bonchev–Trinajstić information content (AvgIpc) is 3.18. The Morgan fingerprint density at radius 1 is 1.20 bits per heavy atom. The Labute approximate surface area is 144 Å². The Morgan fingerprint density at radius 3 is 2.72 bits per heavy atom. The molecule has 1 aromatic carbocycles. The van der Waals surface area contributed by atoms with E-state index in [1.165, 1.54) is 4.90 Å². The van der Waals surface area contributed by atoms with Gasteiger partial charge < -0.3 is 24.2 Å². The number of aliphatic imine (C=N–C) groups is 1. The number of urea groups is 1. The first-order chi connectivity index (χ1) is 12.0. The minimum absolute atomic E-state index is 0.314.